The van der Waals surface area contributed by atoms with E-state index in [1.54, 1.807) is 17.1 Å². The number of aryl methyl sites for hydroxylation is 2. The van der Waals surface area contributed by atoms with Gasteiger partial charge in [0.25, 0.3) is 0 Å². The number of rotatable bonds is 3. The van der Waals surface area contributed by atoms with Crippen LogP contribution in [0.3, 0.4) is 0 Å². The Labute approximate surface area is 105 Å². The standard InChI is InChI=1S/C12H13N3OS/c1-8-3-4-10(12(13)17)11(5-8)16-9-6-14-15(2)7-9/h3-7H,1-2H3,(H2,13,17). The van der Waals surface area contributed by atoms with Crippen LogP contribution in [0.1, 0.15) is 11.1 Å². The SMILES string of the molecule is Cc1ccc(C(N)=S)c(Oc2cnn(C)c2)c1. The highest BCUT2D eigenvalue weighted by Crippen LogP contribution is 2.26. The molecule has 2 rings (SSSR count). The summed E-state index contributed by atoms with van der Waals surface area (Å²) < 4.78 is 7.39. The van der Waals surface area contributed by atoms with E-state index in [-0.39, 0.29) is 0 Å². The molecule has 5 heteroatoms. The zero-order valence-electron chi connectivity index (χ0n) is 9.68. The van der Waals surface area contributed by atoms with Crippen molar-refractivity contribution in [1.29, 1.82) is 0 Å². The van der Waals surface area contributed by atoms with Crippen molar-refractivity contribution in [1.82, 2.24) is 9.78 Å². The van der Waals surface area contributed by atoms with Gasteiger partial charge in [-0.2, -0.15) is 5.10 Å². The molecule has 4 nitrogen and oxygen atoms in total. The zero-order chi connectivity index (χ0) is 12.4. The number of hydrogen-bond donors (Lipinski definition) is 1. The third-order valence-electron chi connectivity index (χ3n) is 2.31. The van der Waals surface area contributed by atoms with Gasteiger partial charge in [0, 0.05) is 7.05 Å². The van der Waals surface area contributed by atoms with Crippen LogP contribution in [-0.2, 0) is 7.05 Å². The van der Waals surface area contributed by atoms with Gasteiger partial charge in [-0.05, 0) is 24.6 Å². The molecular formula is C12H13N3OS. The Morgan fingerprint density at radius 1 is 1.47 bits per heavy atom. The van der Waals surface area contributed by atoms with Crippen molar-refractivity contribution in [2.24, 2.45) is 12.8 Å². The maximum absolute atomic E-state index is 5.72. The second kappa shape index (κ2) is 4.55. The summed E-state index contributed by atoms with van der Waals surface area (Å²) in [5.74, 6) is 1.32. The zero-order valence-corrected chi connectivity index (χ0v) is 10.5. The average Bonchev–Trinajstić information content (AvgIpc) is 2.63. The van der Waals surface area contributed by atoms with Gasteiger partial charge in [0.15, 0.2) is 5.75 Å². The van der Waals surface area contributed by atoms with E-state index in [9.17, 15) is 0 Å². The van der Waals surface area contributed by atoms with Gasteiger partial charge < -0.3 is 10.5 Å². The fourth-order valence-electron chi connectivity index (χ4n) is 1.50. The molecule has 2 N–H and O–H groups in total. The third-order valence-corrected chi connectivity index (χ3v) is 2.53. The molecule has 0 bridgehead atoms. The quantitative estimate of drug-likeness (QED) is 0.844. The van der Waals surface area contributed by atoms with Gasteiger partial charge in [-0.1, -0.05) is 18.3 Å². The summed E-state index contributed by atoms with van der Waals surface area (Å²) in [6, 6.07) is 5.72. The van der Waals surface area contributed by atoms with Crippen LogP contribution in [0.2, 0.25) is 0 Å². The summed E-state index contributed by atoms with van der Waals surface area (Å²) in [4.78, 5) is 0.323. The molecule has 0 radical (unpaired) electrons. The molecular weight excluding hydrogens is 234 g/mol. The Bertz CT molecular complexity index is 563. The minimum Gasteiger partial charge on any atom is -0.453 e. The molecule has 0 amide bonds. The predicted molar refractivity (Wildman–Crippen MR) is 70.3 cm³/mol. The van der Waals surface area contributed by atoms with Crippen molar-refractivity contribution in [3.63, 3.8) is 0 Å². The molecule has 0 atom stereocenters. The summed E-state index contributed by atoms with van der Waals surface area (Å²) in [7, 11) is 1.83. The highest BCUT2D eigenvalue weighted by Gasteiger charge is 2.08. The molecule has 0 aliphatic rings. The molecule has 0 saturated carbocycles. The van der Waals surface area contributed by atoms with E-state index in [4.69, 9.17) is 22.7 Å². The maximum atomic E-state index is 5.72. The molecule has 0 fully saturated rings. The monoisotopic (exact) mass is 247 g/mol. The lowest BCUT2D eigenvalue weighted by molar-refractivity contribution is 0.480. The van der Waals surface area contributed by atoms with Crippen LogP contribution in [0, 0.1) is 6.92 Å². The second-order valence-corrected chi connectivity index (χ2v) is 4.26. The molecule has 88 valence electrons. The first-order valence-electron chi connectivity index (χ1n) is 5.13. The number of thiocarbonyl (C=S) groups is 1. The van der Waals surface area contributed by atoms with E-state index in [0.29, 0.717) is 16.5 Å². The van der Waals surface area contributed by atoms with Gasteiger partial charge in [0.2, 0.25) is 0 Å². The third kappa shape index (κ3) is 2.62. The highest BCUT2D eigenvalue weighted by molar-refractivity contribution is 7.80. The van der Waals surface area contributed by atoms with Crippen LogP contribution in [0.25, 0.3) is 0 Å². The highest BCUT2D eigenvalue weighted by atomic mass is 32.1. The van der Waals surface area contributed by atoms with Crippen LogP contribution in [-0.4, -0.2) is 14.8 Å². The van der Waals surface area contributed by atoms with E-state index >= 15 is 0 Å². The largest absolute Gasteiger partial charge is 0.453 e. The van der Waals surface area contributed by atoms with Crippen LogP contribution in [0.5, 0.6) is 11.5 Å². The van der Waals surface area contributed by atoms with E-state index < -0.39 is 0 Å². The molecule has 0 spiro atoms. The van der Waals surface area contributed by atoms with Gasteiger partial charge in [0.05, 0.1) is 18.0 Å². The smallest absolute Gasteiger partial charge is 0.165 e. The lowest BCUT2D eigenvalue weighted by Crippen LogP contribution is -2.10. The normalized spacial score (nSPS) is 10.2. The van der Waals surface area contributed by atoms with E-state index in [0.717, 1.165) is 11.1 Å². The van der Waals surface area contributed by atoms with Crippen molar-refractivity contribution in [2.45, 2.75) is 6.92 Å². The number of benzene rings is 1. The van der Waals surface area contributed by atoms with Gasteiger partial charge in [-0.15, -0.1) is 0 Å². The first-order valence-corrected chi connectivity index (χ1v) is 5.54. The van der Waals surface area contributed by atoms with Crippen molar-refractivity contribution in [3.05, 3.63) is 41.7 Å². The predicted octanol–water partition coefficient (Wildman–Crippen LogP) is 2.16. The lowest BCUT2D eigenvalue weighted by Gasteiger charge is -2.09. The van der Waals surface area contributed by atoms with E-state index in [1.807, 2.05) is 32.2 Å². The molecule has 0 aliphatic heterocycles. The van der Waals surface area contributed by atoms with Crippen LogP contribution < -0.4 is 10.5 Å². The molecule has 0 aliphatic carbocycles. The Kier molecular flexibility index (Phi) is 3.10. The number of aromatic nitrogens is 2. The molecule has 17 heavy (non-hydrogen) atoms. The van der Waals surface area contributed by atoms with Gasteiger partial charge in [-0.25, -0.2) is 0 Å². The fraction of sp³-hybridized carbons (Fsp3) is 0.167. The molecule has 0 unspecified atom stereocenters. The summed E-state index contributed by atoms with van der Waals surface area (Å²) in [5.41, 5.74) is 7.47. The van der Waals surface area contributed by atoms with Crippen molar-refractivity contribution in [2.75, 3.05) is 0 Å². The van der Waals surface area contributed by atoms with Crippen LogP contribution in [0.4, 0.5) is 0 Å². The average molecular weight is 247 g/mol. The molecule has 0 saturated heterocycles. The fourth-order valence-corrected chi connectivity index (χ4v) is 1.66. The van der Waals surface area contributed by atoms with E-state index in [2.05, 4.69) is 5.10 Å². The maximum Gasteiger partial charge on any atom is 0.165 e. The summed E-state index contributed by atoms with van der Waals surface area (Å²) >= 11 is 4.99. The van der Waals surface area contributed by atoms with Gasteiger partial charge >= 0.3 is 0 Å². The Balaban J connectivity index is 2.37. The Morgan fingerprint density at radius 3 is 2.82 bits per heavy atom. The Morgan fingerprint density at radius 2 is 2.24 bits per heavy atom. The second-order valence-electron chi connectivity index (χ2n) is 3.82. The van der Waals surface area contributed by atoms with Crippen molar-refractivity contribution < 1.29 is 4.74 Å². The van der Waals surface area contributed by atoms with Crippen LogP contribution in [0.15, 0.2) is 30.6 Å². The number of nitrogens with zero attached hydrogens (tertiary/aromatic N) is 2. The first-order chi connectivity index (χ1) is 8.06. The molecule has 1 aromatic carbocycles. The Hall–Kier alpha value is -1.88. The van der Waals surface area contributed by atoms with Gasteiger partial charge in [0.1, 0.15) is 10.7 Å². The number of ether oxygens (including phenoxy) is 1. The summed E-state index contributed by atoms with van der Waals surface area (Å²) in [6.07, 6.45) is 3.43. The minimum atomic E-state index is 0.323. The van der Waals surface area contributed by atoms with Crippen molar-refractivity contribution in [3.8, 4) is 11.5 Å². The number of hydrogen-bond acceptors (Lipinski definition) is 3. The topological polar surface area (TPSA) is 53.1 Å². The lowest BCUT2D eigenvalue weighted by atomic mass is 10.1. The van der Waals surface area contributed by atoms with E-state index in [1.165, 1.54) is 0 Å². The van der Waals surface area contributed by atoms with Gasteiger partial charge in [-0.3, -0.25) is 4.68 Å². The molecule has 1 heterocycles. The molecule has 2 aromatic rings. The van der Waals surface area contributed by atoms with Crippen molar-refractivity contribution >= 4 is 17.2 Å². The number of nitrogens with two attached hydrogens (primary N) is 1. The summed E-state index contributed by atoms with van der Waals surface area (Å²) in [6.45, 7) is 1.99. The summed E-state index contributed by atoms with van der Waals surface area (Å²) in [5, 5.41) is 4.04. The van der Waals surface area contributed by atoms with Crippen LogP contribution >= 0.6 is 12.2 Å². The molecule has 1 aromatic heterocycles. The minimum absolute atomic E-state index is 0.323. The first kappa shape index (κ1) is 11.6.